The molecule has 2 aromatic carbocycles. The van der Waals surface area contributed by atoms with Crippen molar-refractivity contribution in [2.45, 2.75) is 25.7 Å². The molecule has 2 rings (SSSR count). The van der Waals surface area contributed by atoms with Gasteiger partial charge in [0.25, 0.3) is 0 Å². The molecule has 0 saturated heterocycles. The predicted molar refractivity (Wildman–Crippen MR) is 104 cm³/mol. The molecule has 0 aromatic heterocycles. The summed E-state index contributed by atoms with van der Waals surface area (Å²) in [7, 11) is 3.23. The summed E-state index contributed by atoms with van der Waals surface area (Å²) in [4.78, 5) is 11.8. The second-order valence-electron chi connectivity index (χ2n) is 6.06. The fraction of sp³-hybridized carbons (Fsp3) is 0.381. The van der Waals surface area contributed by atoms with Crippen molar-refractivity contribution in [3.63, 3.8) is 0 Å². The van der Waals surface area contributed by atoms with Crippen molar-refractivity contribution in [2.24, 2.45) is 0 Å². The fourth-order valence-electron chi connectivity index (χ4n) is 2.72. The largest absolute Gasteiger partial charge is 0.493 e. The minimum absolute atomic E-state index is 0.120. The molecular weight excluding hydrogens is 328 g/mol. The summed E-state index contributed by atoms with van der Waals surface area (Å²) in [5, 5.41) is 5.78. The second-order valence-corrected chi connectivity index (χ2v) is 6.06. The number of hydrogen-bond acceptors (Lipinski definition) is 3. The van der Waals surface area contributed by atoms with Gasteiger partial charge in [0.15, 0.2) is 11.5 Å². The van der Waals surface area contributed by atoms with Gasteiger partial charge in [-0.3, -0.25) is 0 Å². The summed E-state index contributed by atoms with van der Waals surface area (Å²) in [6.45, 7) is 1.26. The van der Waals surface area contributed by atoms with Crippen molar-refractivity contribution in [3.05, 3.63) is 59.7 Å². The van der Waals surface area contributed by atoms with Gasteiger partial charge in [0.2, 0.25) is 0 Å². The van der Waals surface area contributed by atoms with Gasteiger partial charge < -0.3 is 20.1 Å². The average molecular weight is 356 g/mol. The SMILES string of the molecule is COc1ccc(CCNC(=O)NCCCCc2ccccc2)cc1OC. The maximum absolute atomic E-state index is 11.8. The maximum atomic E-state index is 11.8. The standard InChI is InChI=1S/C21H28N2O3/c1-25-19-12-11-18(16-20(19)26-2)13-15-23-21(24)22-14-7-6-10-17-8-4-3-5-9-17/h3-5,8-9,11-12,16H,6-7,10,13-15H2,1-2H3,(H2,22,23,24). The van der Waals surface area contributed by atoms with Gasteiger partial charge in [-0.25, -0.2) is 4.79 Å². The Balaban J connectivity index is 1.59. The molecule has 0 aliphatic carbocycles. The number of methoxy groups -OCH3 is 2. The van der Waals surface area contributed by atoms with Crippen molar-refractivity contribution in [1.29, 1.82) is 0 Å². The molecule has 2 aromatic rings. The van der Waals surface area contributed by atoms with Gasteiger partial charge in [0.05, 0.1) is 14.2 Å². The van der Waals surface area contributed by atoms with Gasteiger partial charge in [-0.2, -0.15) is 0 Å². The summed E-state index contributed by atoms with van der Waals surface area (Å²) in [5.41, 5.74) is 2.43. The lowest BCUT2D eigenvalue weighted by molar-refractivity contribution is 0.241. The van der Waals surface area contributed by atoms with Crippen molar-refractivity contribution in [3.8, 4) is 11.5 Å². The zero-order valence-corrected chi connectivity index (χ0v) is 15.6. The zero-order chi connectivity index (χ0) is 18.6. The van der Waals surface area contributed by atoms with Crippen LogP contribution in [0.5, 0.6) is 11.5 Å². The van der Waals surface area contributed by atoms with E-state index in [1.165, 1.54) is 5.56 Å². The Morgan fingerprint density at radius 2 is 1.54 bits per heavy atom. The quantitative estimate of drug-likeness (QED) is 0.640. The predicted octanol–water partition coefficient (Wildman–Crippen LogP) is 3.57. The Morgan fingerprint density at radius 3 is 2.27 bits per heavy atom. The molecule has 0 heterocycles. The molecule has 0 spiro atoms. The van der Waals surface area contributed by atoms with E-state index < -0.39 is 0 Å². The van der Waals surface area contributed by atoms with Gasteiger partial charge in [0, 0.05) is 13.1 Å². The Hall–Kier alpha value is -2.69. The third-order valence-electron chi connectivity index (χ3n) is 4.17. The topological polar surface area (TPSA) is 59.6 Å². The van der Waals surface area contributed by atoms with Crippen LogP contribution in [-0.4, -0.2) is 33.3 Å². The maximum Gasteiger partial charge on any atom is 0.314 e. The van der Waals surface area contributed by atoms with Crippen molar-refractivity contribution in [2.75, 3.05) is 27.3 Å². The van der Waals surface area contributed by atoms with Crippen molar-refractivity contribution < 1.29 is 14.3 Å². The van der Waals surface area contributed by atoms with Crippen LogP contribution in [-0.2, 0) is 12.8 Å². The van der Waals surface area contributed by atoms with E-state index in [9.17, 15) is 4.79 Å². The molecule has 0 aliphatic heterocycles. The van der Waals surface area contributed by atoms with Gasteiger partial charge >= 0.3 is 6.03 Å². The second kappa shape index (κ2) is 11.0. The molecule has 0 fully saturated rings. The molecule has 2 amide bonds. The number of amides is 2. The molecule has 0 aliphatic rings. The molecule has 0 radical (unpaired) electrons. The Labute approximate surface area is 155 Å². The first kappa shape index (κ1) is 19.6. The van der Waals surface area contributed by atoms with E-state index in [0.717, 1.165) is 31.2 Å². The molecule has 2 N–H and O–H groups in total. The van der Waals surface area contributed by atoms with E-state index in [1.54, 1.807) is 14.2 Å². The molecule has 0 atom stereocenters. The first-order valence-corrected chi connectivity index (χ1v) is 8.99. The molecule has 0 saturated carbocycles. The first-order valence-electron chi connectivity index (χ1n) is 8.99. The van der Waals surface area contributed by atoms with E-state index in [0.29, 0.717) is 24.6 Å². The van der Waals surface area contributed by atoms with Crippen molar-refractivity contribution in [1.82, 2.24) is 10.6 Å². The lowest BCUT2D eigenvalue weighted by Crippen LogP contribution is -2.37. The first-order chi connectivity index (χ1) is 12.7. The summed E-state index contributed by atoms with van der Waals surface area (Å²) >= 11 is 0. The monoisotopic (exact) mass is 356 g/mol. The number of nitrogens with one attached hydrogen (secondary N) is 2. The molecule has 0 bridgehead atoms. The van der Waals surface area contributed by atoms with Gasteiger partial charge in [-0.1, -0.05) is 36.4 Å². The fourth-order valence-corrected chi connectivity index (χ4v) is 2.72. The number of aryl methyl sites for hydroxylation is 1. The molecule has 26 heavy (non-hydrogen) atoms. The Morgan fingerprint density at radius 1 is 0.808 bits per heavy atom. The number of urea groups is 1. The molecular formula is C21H28N2O3. The third-order valence-corrected chi connectivity index (χ3v) is 4.17. The number of benzene rings is 2. The van der Waals surface area contributed by atoms with Gasteiger partial charge in [-0.05, 0) is 48.9 Å². The number of ether oxygens (including phenoxy) is 2. The van der Waals surface area contributed by atoms with E-state index in [4.69, 9.17) is 9.47 Å². The van der Waals surface area contributed by atoms with E-state index in [2.05, 4.69) is 34.9 Å². The lowest BCUT2D eigenvalue weighted by Gasteiger charge is -2.10. The molecule has 5 nitrogen and oxygen atoms in total. The molecule has 5 heteroatoms. The minimum Gasteiger partial charge on any atom is -0.493 e. The van der Waals surface area contributed by atoms with Gasteiger partial charge in [-0.15, -0.1) is 0 Å². The lowest BCUT2D eigenvalue weighted by atomic mass is 10.1. The van der Waals surface area contributed by atoms with Crippen LogP contribution < -0.4 is 20.1 Å². The molecule has 140 valence electrons. The van der Waals surface area contributed by atoms with Gasteiger partial charge in [0.1, 0.15) is 0 Å². The smallest absolute Gasteiger partial charge is 0.314 e. The van der Waals surface area contributed by atoms with Crippen LogP contribution >= 0.6 is 0 Å². The van der Waals surface area contributed by atoms with Crippen LogP contribution in [0.4, 0.5) is 4.79 Å². The van der Waals surface area contributed by atoms with Crippen LogP contribution in [0.15, 0.2) is 48.5 Å². The highest BCUT2D eigenvalue weighted by molar-refractivity contribution is 5.73. The van der Waals surface area contributed by atoms with E-state index in [1.807, 2.05) is 24.3 Å². The average Bonchev–Trinajstić information content (AvgIpc) is 2.68. The van der Waals surface area contributed by atoms with Crippen molar-refractivity contribution >= 4 is 6.03 Å². The van der Waals surface area contributed by atoms with Crippen LogP contribution in [0.3, 0.4) is 0 Å². The van der Waals surface area contributed by atoms with Crippen LogP contribution in [0.25, 0.3) is 0 Å². The van der Waals surface area contributed by atoms with E-state index in [-0.39, 0.29) is 6.03 Å². The normalized spacial score (nSPS) is 10.2. The minimum atomic E-state index is -0.120. The van der Waals surface area contributed by atoms with E-state index >= 15 is 0 Å². The number of rotatable bonds is 10. The highest BCUT2D eigenvalue weighted by Gasteiger charge is 2.05. The zero-order valence-electron chi connectivity index (χ0n) is 15.6. The Bertz CT molecular complexity index is 674. The summed E-state index contributed by atoms with van der Waals surface area (Å²) in [5.74, 6) is 1.41. The Kier molecular flexibility index (Phi) is 8.33. The summed E-state index contributed by atoms with van der Waals surface area (Å²) in [6.07, 6.45) is 3.82. The number of carbonyl (C=O) groups excluding carboxylic acids is 1. The highest BCUT2D eigenvalue weighted by Crippen LogP contribution is 2.27. The van der Waals surface area contributed by atoms with Crippen LogP contribution in [0, 0.1) is 0 Å². The number of carbonyl (C=O) groups is 1. The summed E-state index contributed by atoms with van der Waals surface area (Å²) in [6, 6.07) is 16.1. The highest BCUT2D eigenvalue weighted by atomic mass is 16.5. The number of unbranched alkanes of at least 4 members (excludes halogenated alkanes) is 1. The van der Waals surface area contributed by atoms with Crippen LogP contribution in [0.1, 0.15) is 24.0 Å². The third kappa shape index (κ3) is 6.67. The van der Waals surface area contributed by atoms with Crippen LogP contribution in [0.2, 0.25) is 0 Å². The number of hydrogen-bond donors (Lipinski definition) is 2. The molecule has 0 unspecified atom stereocenters. The summed E-state index contributed by atoms with van der Waals surface area (Å²) < 4.78 is 10.5.